The van der Waals surface area contributed by atoms with Crippen LogP contribution in [0.3, 0.4) is 0 Å². The van der Waals surface area contributed by atoms with Crippen molar-refractivity contribution in [1.82, 2.24) is 0 Å². The summed E-state index contributed by atoms with van der Waals surface area (Å²) in [4.78, 5) is 9.94. The molecule has 0 heterocycles. The molecule has 0 unspecified atom stereocenters. The number of fused-ring (bicyclic) bond motifs is 1. The summed E-state index contributed by atoms with van der Waals surface area (Å²) < 4.78 is 4.55. The molecule has 0 atom stereocenters. The van der Waals surface area contributed by atoms with E-state index in [0.29, 0.717) is 5.75 Å². The van der Waals surface area contributed by atoms with Gasteiger partial charge in [0.2, 0.25) is 0 Å². The zero-order valence-electron chi connectivity index (χ0n) is 6.78. The van der Waals surface area contributed by atoms with E-state index >= 15 is 0 Å². The predicted molar refractivity (Wildman–Crippen MR) is 49.1 cm³/mol. The van der Waals surface area contributed by atoms with Gasteiger partial charge in [0.25, 0.3) is 0 Å². The van der Waals surface area contributed by atoms with Crippen LogP contribution in [-0.4, -0.2) is 6.47 Å². The third-order valence-electron chi connectivity index (χ3n) is 1.78. The summed E-state index contributed by atoms with van der Waals surface area (Å²) in [6, 6.07) is 14.2. The fourth-order valence-electron chi connectivity index (χ4n) is 1.20. The van der Waals surface area contributed by atoms with Gasteiger partial charge in [0.15, 0.2) is 0 Å². The normalized spacial score (nSPS) is 9.85. The minimum Gasteiger partial charge on any atom is -0.417 e. The summed E-state index contributed by atoms with van der Waals surface area (Å²) in [5.74, 6) is 0.397. The molecule has 2 radical (unpaired) electrons. The van der Waals surface area contributed by atoms with E-state index in [9.17, 15) is 4.79 Å². The van der Waals surface area contributed by atoms with Gasteiger partial charge in [-0.2, -0.15) is 0 Å². The Morgan fingerprint density at radius 1 is 1.15 bits per heavy atom. The molecular weight excluding hydrogens is 164 g/mol. The Morgan fingerprint density at radius 2 is 2.00 bits per heavy atom. The Bertz CT molecular complexity index is 435. The lowest BCUT2D eigenvalue weighted by molar-refractivity contribution is 0.442. The smallest absolute Gasteiger partial charge is 0.417 e. The van der Waals surface area contributed by atoms with Crippen molar-refractivity contribution < 1.29 is 9.53 Å². The van der Waals surface area contributed by atoms with Gasteiger partial charge in [-0.25, -0.2) is 4.79 Å². The van der Waals surface area contributed by atoms with E-state index in [1.54, 1.807) is 6.07 Å². The second-order valence-corrected chi connectivity index (χ2v) is 2.60. The summed E-state index contributed by atoms with van der Waals surface area (Å²) in [6.45, 7) is 1.37. The Labute approximate surface area is 75.8 Å². The number of hydrogen-bond donors (Lipinski definition) is 0. The SMILES string of the molecule is O=[C]Oc1[c]c2ccccc2cc1. The fourth-order valence-corrected chi connectivity index (χ4v) is 1.20. The quantitative estimate of drug-likeness (QED) is 0.689. The zero-order chi connectivity index (χ0) is 9.10. The second kappa shape index (κ2) is 3.27. The lowest BCUT2D eigenvalue weighted by Crippen LogP contribution is -1.87. The summed E-state index contributed by atoms with van der Waals surface area (Å²) in [5.41, 5.74) is 0. The minimum atomic E-state index is 0.397. The van der Waals surface area contributed by atoms with Crippen LogP contribution >= 0.6 is 0 Å². The molecule has 2 aromatic rings. The monoisotopic (exact) mass is 170 g/mol. The van der Waals surface area contributed by atoms with Crippen LogP contribution in [-0.2, 0) is 4.79 Å². The first-order valence-electron chi connectivity index (χ1n) is 3.85. The molecule has 0 aliphatic rings. The van der Waals surface area contributed by atoms with Crippen molar-refractivity contribution in [1.29, 1.82) is 0 Å². The summed E-state index contributed by atoms with van der Waals surface area (Å²) in [6.07, 6.45) is 0. The van der Waals surface area contributed by atoms with Crippen molar-refractivity contribution >= 4 is 17.2 Å². The number of carbonyl (C=O) groups excluding carboxylic acids is 1. The number of ether oxygens (including phenoxy) is 1. The lowest BCUT2D eigenvalue weighted by atomic mass is 10.1. The molecule has 0 spiro atoms. The van der Waals surface area contributed by atoms with Crippen LogP contribution < -0.4 is 4.74 Å². The molecule has 0 amide bonds. The molecule has 0 aliphatic heterocycles. The molecule has 0 saturated carbocycles. The number of hydrogen-bond acceptors (Lipinski definition) is 2. The first-order valence-corrected chi connectivity index (χ1v) is 3.85. The van der Waals surface area contributed by atoms with E-state index in [0.717, 1.165) is 10.8 Å². The van der Waals surface area contributed by atoms with Crippen molar-refractivity contribution in [3.63, 3.8) is 0 Å². The summed E-state index contributed by atoms with van der Waals surface area (Å²) in [5, 5.41) is 2.00. The van der Waals surface area contributed by atoms with Gasteiger partial charge in [0, 0.05) is 6.07 Å². The highest BCUT2D eigenvalue weighted by Gasteiger charge is 1.96. The maximum Gasteiger partial charge on any atom is 0.423 e. The fraction of sp³-hybridized carbons (Fsp3) is 0. The third kappa shape index (κ3) is 1.51. The van der Waals surface area contributed by atoms with Gasteiger partial charge < -0.3 is 4.74 Å². The van der Waals surface area contributed by atoms with E-state index in [4.69, 9.17) is 0 Å². The first kappa shape index (κ1) is 7.80. The molecule has 2 heteroatoms. The van der Waals surface area contributed by atoms with Crippen molar-refractivity contribution in [3.8, 4) is 5.75 Å². The Hall–Kier alpha value is -1.83. The van der Waals surface area contributed by atoms with Crippen LogP contribution in [0.2, 0.25) is 0 Å². The molecule has 0 bridgehead atoms. The number of benzene rings is 2. The highest BCUT2D eigenvalue weighted by Crippen LogP contribution is 2.18. The summed E-state index contributed by atoms with van der Waals surface area (Å²) in [7, 11) is 0. The minimum absolute atomic E-state index is 0.397. The van der Waals surface area contributed by atoms with Crippen LogP contribution in [0.1, 0.15) is 0 Å². The van der Waals surface area contributed by atoms with E-state index in [1.165, 1.54) is 6.47 Å². The van der Waals surface area contributed by atoms with Gasteiger partial charge in [-0.05, 0) is 16.8 Å². The van der Waals surface area contributed by atoms with Crippen molar-refractivity contribution in [2.24, 2.45) is 0 Å². The molecule has 2 nitrogen and oxygen atoms in total. The van der Waals surface area contributed by atoms with Crippen LogP contribution in [0.15, 0.2) is 36.4 Å². The largest absolute Gasteiger partial charge is 0.423 e. The van der Waals surface area contributed by atoms with E-state index in [1.807, 2.05) is 30.3 Å². The molecule has 0 fully saturated rings. The highest BCUT2D eigenvalue weighted by molar-refractivity contribution is 5.83. The van der Waals surface area contributed by atoms with Gasteiger partial charge in [0.05, 0.1) is 0 Å². The topological polar surface area (TPSA) is 26.3 Å². The standard InChI is InChI=1S/C11H6O2/c12-8-13-11-6-5-9-3-1-2-4-10(9)7-11/h1-6H. The average molecular weight is 170 g/mol. The maximum atomic E-state index is 9.94. The van der Waals surface area contributed by atoms with E-state index in [2.05, 4.69) is 10.8 Å². The molecule has 0 N–H and O–H groups in total. The third-order valence-corrected chi connectivity index (χ3v) is 1.78. The molecule has 13 heavy (non-hydrogen) atoms. The maximum absolute atomic E-state index is 9.94. The summed E-state index contributed by atoms with van der Waals surface area (Å²) >= 11 is 0. The van der Waals surface area contributed by atoms with Crippen molar-refractivity contribution in [2.45, 2.75) is 0 Å². The Morgan fingerprint density at radius 3 is 2.85 bits per heavy atom. The first-order chi connectivity index (χ1) is 6.40. The van der Waals surface area contributed by atoms with Gasteiger partial charge in [-0.15, -0.1) is 0 Å². The Balaban J connectivity index is 2.55. The van der Waals surface area contributed by atoms with Gasteiger partial charge in [0.1, 0.15) is 5.75 Å². The lowest BCUT2D eigenvalue weighted by Gasteiger charge is -1.98. The molecule has 2 rings (SSSR count). The van der Waals surface area contributed by atoms with Crippen LogP contribution in [0.4, 0.5) is 0 Å². The molecule has 0 aliphatic carbocycles. The predicted octanol–water partition coefficient (Wildman–Crippen LogP) is 2.09. The van der Waals surface area contributed by atoms with Crippen LogP contribution in [0.5, 0.6) is 5.75 Å². The zero-order valence-corrected chi connectivity index (χ0v) is 6.78. The van der Waals surface area contributed by atoms with Crippen LogP contribution in [0, 0.1) is 6.07 Å². The molecule has 62 valence electrons. The van der Waals surface area contributed by atoms with Crippen LogP contribution in [0.25, 0.3) is 10.8 Å². The van der Waals surface area contributed by atoms with Gasteiger partial charge in [-0.3, -0.25) is 0 Å². The highest BCUT2D eigenvalue weighted by atomic mass is 16.5. The van der Waals surface area contributed by atoms with E-state index < -0.39 is 0 Å². The Kier molecular flexibility index (Phi) is 1.96. The van der Waals surface area contributed by atoms with Gasteiger partial charge >= 0.3 is 6.47 Å². The van der Waals surface area contributed by atoms with Crippen molar-refractivity contribution in [2.75, 3.05) is 0 Å². The molecule has 2 aromatic carbocycles. The van der Waals surface area contributed by atoms with Crippen molar-refractivity contribution in [3.05, 3.63) is 42.5 Å². The van der Waals surface area contributed by atoms with Gasteiger partial charge in [-0.1, -0.05) is 30.3 Å². The number of rotatable bonds is 2. The molecular formula is C11H6O2. The molecule has 0 aromatic heterocycles. The second-order valence-electron chi connectivity index (χ2n) is 2.60. The van der Waals surface area contributed by atoms with E-state index in [-0.39, 0.29) is 0 Å². The molecule has 0 saturated heterocycles. The average Bonchev–Trinajstić information content (AvgIpc) is 2.18.